The topological polar surface area (TPSA) is 55.5 Å². The van der Waals surface area contributed by atoms with Crippen molar-refractivity contribution in [2.45, 2.75) is 6.61 Å². The normalized spacial score (nSPS) is 10.0. The van der Waals surface area contributed by atoms with Crippen LogP contribution in [0.2, 0.25) is 0 Å². The first kappa shape index (κ1) is 10.4. The highest BCUT2D eigenvalue weighted by atomic mass is 16.5. The smallest absolute Gasteiger partial charge is 0.122 e. The maximum Gasteiger partial charge on any atom is 0.122 e. The maximum absolute atomic E-state index is 9.54. The van der Waals surface area contributed by atoms with Gasteiger partial charge in [0, 0.05) is 17.3 Å². The van der Waals surface area contributed by atoms with Crippen molar-refractivity contribution in [2.24, 2.45) is 0 Å². The van der Waals surface area contributed by atoms with Crippen LogP contribution in [0.3, 0.4) is 0 Å². The van der Waals surface area contributed by atoms with Gasteiger partial charge in [0.2, 0.25) is 0 Å². The van der Waals surface area contributed by atoms with Crippen LogP contribution in [-0.2, 0) is 6.61 Å². The number of rotatable bonds is 3. The number of ether oxygens (including phenoxy) is 1. The number of aromatic hydroxyl groups is 1. The summed E-state index contributed by atoms with van der Waals surface area (Å²) < 4.78 is 5.51. The molecule has 0 aliphatic carbocycles. The van der Waals surface area contributed by atoms with Crippen molar-refractivity contribution in [3.8, 4) is 11.5 Å². The largest absolute Gasteiger partial charge is 0.508 e. The summed E-state index contributed by atoms with van der Waals surface area (Å²) in [6.45, 7) is 0.329. The van der Waals surface area contributed by atoms with Crippen LogP contribution in [0.1, 0.15) is 5.56 Å². The molecule has 0 saturated heterocycles. The number of phenolic OH excluding ortho intramolecular Hbond substituents is 1. The molecule has 0 amide bonds. The Balaban J connectivity index is 2.05. The third kappa shape index (κ3) is 2.45. The minimum Gasteiger partial charge on any atom is -0.508 e. The number of hydrogen-bond acceptors (Lipinski definition) is 3. The van der Waals surface area contributed by atoms with E-state index in [4.69, 9.17) is 10.5 Å². The molecule has 82 valence electrons. The zero-order valence-corrected chi connectivity index (χ0v) is 8.76. The van der Waals surface area contributed by atoms with Gasteiger partial charge < -0.3 is 15.6 Å². The number of benzene rings is 2. The predicted molar refractivity (Wildman–Crippen MR) is 63.3 cm³/mol. The third-order valence-corrected chi connectivity index (χ3v) is 2.24. The SMILES string of the molecule is Nc1cccc(OCc2ccccc2O)c1. The van der Waals surface area contributed by atoms with E-state index >= 15 is 0 Å². The van der Waals surface area contributed by atoms with Gasteiger partial charge in [0.05, 0.1) is 0 Å². The van der Waals surface area contributed by atoms with E-state index in [1.807, 2.05) is 24.3 Å². The molecule has 0 aromatic heterocycles. The average Bonchev–Trinajstić information content (AvgIpc) is 2.28. The predicted octanol–water partition coefficient (Wildman–Crippen LogP) is 2.55. The summed E-state index contributed by atoms with van der Waals surface area (Å²) in [5.74, 6) is 0.939. The van der Waals surface area contributed by atoms with Crippen LogP contribution >= 0.6 is 0 Å². The highest BCUT2D eigenvalue weighted by Gasteiger charge is 2.00. The highest BCUT2D eigenvalue weighted by Crippen LogP contribution is 2.20. The molecule has 3 N–H and O–H groups in total. The van der Waals surface area contributed by atoms with Crippen molar-refractivity contribution in [2.75, 3.05) is 5.73 Å². The summed E-state index contributed by atoms with van der Waals surface area (Å²) in [7, 11) is 0. The fourth-order valence-electron chi connectivity index (χ4n) is 1.40. The van der Waals surface area contributed by atoms with Crippen LogP contribution in [-0.4, -0.2) is 5.11 Å². The van der Waals surface area contributed by atoms with Crippen molar-refractivity contribution < 1.29 is 9.84 Å². The van der Waals surface area contributed by atoms with Crippen LogP contribution in [0, 0.1) is 0 Å². The number of hydrogen-bond donors (Lipinski definition) is 2. The zero-order chi connectivity index (χ0) is 11.4. The summed E-state index contributed by atoms with van der Waals surface area (Å²) in [6.07, 6.45) is 0. The van der Waals surface area contributed by atoms with Crippen LogP contribution in [0.4, 0.5) is 5.69 Å². The summed E-state index contributed by atoms with van der Waals surface area (Å²) >= 11 is 0. The van der Waals surface area contributed by atoms with Crippen molar-refractivity contribution in [1.82, 2.24) is 0 Å². The Bertz CT molecular complexity index is 483. The molecule has 2 aromatic rings. The van der Waals surface area contributed by atoms with Crippen molar-refractivity contribution in [3.05, 3.63) is 54.1 Å². The van der Waals surface area contributed by atoms with Gasteiger partial charge in [0.25, 0.3) is 0 Å². The Hall–Kier alpha value is -2.16. The van der Waals surface area contributed by atoms with Gasteiger partial charge in [-0.25, -0.2) is 0 Å². The lowest BCUT2D eigenvalue weighted by atomic mass is 10.2. The lowest BCUT2D eigenvalue weighted by molar-refractivity contribution is 0.299. The molecule has 2 aromatic carbocycles. The molecule has 0 radical (unpaired) electrons. The van der Waals surface area contributed by atoms with Crippen molar-refractivity contribution in [3.63, 3.8) is 0 Å². The molecule has 0 bridgehead atoms. The lowest BCUT2D eigenvalue weighted by Crippen LogP contribution is -1.96. The second-order valence-corrected chi connectivity index (χ2v) is 3.49. The Morgan fingerprint density at radius 1 is 1.06 bits per heavy atom. The number of anilines is 1. The monoisotopic (exact) mass is 215 g/mol. The van der Waals surface area contributed by atoms with Crippen molar-refractivity contribution >= 4 is 5.69 Å². The highest BCUT2D eigenvalue weighted by molar-refractivity contribution is 5.43. The van der Waals surface area contributed by atoms with E-state index in [1.165, 1.54) is 0 Å². The molecule has 0 aliphatic heterocycles. The van der Waals surface area contributed by atoms with Gasteiger partial charge in [-0.2, -0.15) is 0 Å². The zero-order valence-electron chi connectivity index (χ0n) is 8.76. The van der Waals surface area contributed by atoms with Gasteiger partial charge in [0.15, 0.2) is 0 Å². The van der Waals surface area contributed by atoms with E-state index in [1.54, 1.807) is 24.3 Å². The Morgan fingerprint density at radius 3 is 2.62 bits per heavy atom. The van der Waals surface area contributed by atoms with Gasteiger partial charge in [-0.3, -0.25) is 0 Å². The standard InChI is InChI=1S/C13H13NO2/c14-11-5-3-6-12(8-11)16-9-10-4-1-2-7-13(10)15/h1-8,15H,9,14H2. The molecule has 0 heterocycles. The molecule has 0 spiro atoms. The van der Waals surface area contributed by atoms with E-state index in [-0.39, 0.29) is 5.75 Å². The molecule has 0 fully saturated rings. The molecule has 3 nitrogen and oxygen atoms in total. The van der Waals surface area contributed by atoms with Gasteiger partial charge >= 0.3 is 0 Å². The number of nitrogen functional groups attached to an aromatic ring is 1. The number of phenols is 1. The number of para-hydroxylation sites is 1. The number of nitrogens with two attached hydrogens (primary N) is 1. The summed E-state index contributed by atoms with van der Waals surface area (Å²) in [4.78, 5) is 0. The second-order valence-electron chi connectivity index (χ2n) is 3.49. The van der Waals surface area contributed by atoms with E-state index in [0.29, 0.717) is 18.0 Å². The molecule has 16 heavy (non-hydrogen) atoms. The molecule has 0 aliphatic rings. The quantitative estimate of drug-likeness (QED) is 0.773. The van der Waals surface area contributed by atoms with E-state index < -0.39 is 0 Å². The Morgan fingerprint density at radius 2 is 1.88 bits per heavy atom. The van der Waals surface area contributed by atoms with Gasteiger partial charge in [-0.05, 0) is 18.2 Å². The van der Waals surface area contributed by atoms with Crippen LogP contribution in [0.25, 0.3) is 0 Å². The minimum atomic E-state index is 0.242. The summed E-state index contributed by atoms with van der Waals surface area (Å²) in [5.41, 5.74) is 7.04. The lowest BCUT2D eigenvalue weighted by Gasteiger charge is -2.07. The molecule has 0 saturated carbocycles. The van der Waals surface area contributed by atoms with E-state index in [2.05, 4.69) is 0 Å². The van der Waals surface area contributed by atoms with Crippen LogP contribution in [0.15, 0.2) is 48.5 Å². The van der Waals surface area contributed by atoms with Crippen molar-refractivity contribution in [1.29, 1.82) is 0 Å². The van der Waals surface area contributed by atoms with Crippen LogP contribution in [0.5, 0.6) is 11.5 Å². The fourth-order valence-corrected chi connectivity index (χ4v) is 1.40. The third-order valence-electron chi connectivity index (χ3n) is 2.24. The Labute approximate surface area is 94.1 Å². The molecule has 2 rings (SSSR count). The molecular formula is C13H13NO2. The minimum absolute atomic E-state index is 0.242. The van der Waals surface area contributed by atoms with Crippen LogP contribution < -0.4 is 10.5 Å². The second kappa shape index (κ2) is 4.57. The van der Waals surface area contributed by atoms with E-state index in [9.17, 15) is 5.11 Å². The average molecular weight is 215 g/mol. The summed E-state index contributed by atoms with van der Waals surface area (Å²) in [6, 6.07) is 14.3. The molecule has 0 unspecified atom stereocenters. The molecule has 3 heteroatoms. The van der Waals surface area contributed by atoms with Gasteiger partial charge in [-0.15, -0.1) is 0 Å². The first-order valence-electron chi connectivity index (χ1n) is 5.01. The molecule has 0 atom stereocenters. The first-order chi connectivity index (χ1) is 7.75. The fraction of sp³-hybridized carbons (Fsp3) is 0.0769. The van der Waals surface area contributed by atoms with Gasteiger partial charge in [0.1, 0.15) is 18.1 Å². The maximum atomic E-state index is 9.54. The first-order valence-corrected chi connectivity index (χ1v) is 5.01. The summed E-state index contributed by atoms with van der Waals surface area (Å²) in [5, 5.41) is 9.54. The Kier molecular flexibility index (Phi) is 2.96. The van der Waals surface area contributed by atoms with E-state index in [0.717, 1.165) is 5.56 Å². The molecular weight excluding hydrogens is 202 g/mol. The van der Waals surface area contributed by atoms with Gasteiger partial charge in [-0.1, -0.05) is 24.3 Å².